The number of amides is 2. The van der Waals surface area contributed by atoms with E-state index in [1.54, 1.807) is 7.11 Å². The fourth-order valence-corrected chi connectivity index (χ4v) is 3.39. The summed E-state index contributed by atoms with van der Waals surface area (Å²) in [5.74, 6) is 1.13. The molecule has 0 saturated carbocycles. The number of likely N-dealkylation sites (tertiary alicyclic amines) is 1. The molecule has 1 aliphatic rings. The van der Waals surface area contributed by atoms with Crippen LogP contribution in [-0.2, 0) is 9.59 Å². The lowest BCUT2D eigenvalue weighted by Crippen LogP contribution is -2.47. The van der Waals surface area contributed by atoms with E-state index in [0.717, 1.165) is 24.2 Å². The number of hydrogen-bond acceptors (Lipinski definition) is 3. The number of nitrogens with zero attached hydrogens (tertiary/aromatic N) is 2. The van der Waals surface area contributed by atoms with Crippen molar-refractivity contribution in [3.05, 3.63) is 29.8 Å². The molecule has 0 aromatic heterocycles. The predicted octanol–water partition coefficient (Wildman–Crippen LogP) is 3.50. The van der Waals surface area contributed by atoms with Crippen molar-refractivity contribution in [2.45, 2.75) is 46.6 Å². The van der Waals surface area contributed by atoms with E-state index in [9.17, 15) is 9.59 Å². The maximum absolute atomic E-state index is 12.9. The van der Waals surface area contributed by atoms with Gasteiger partial charge in [0.1, 0.15) is 5.75 Å². The van der Waals surface area contributed by atoms with Crippen LogP contribution >= 0.6 is 0 Å². The number of methoxy groups -OCH3 is 1. The van der Waals surface area contributed by atoms with E-state index in [2.05, 4.69) is 0 Å². The van der Waals surface area contributed by atoms with E-state index in [1.165, 1.54) is 0 Å². The summed E-state index contributed by atoms with van der Waals surface area (Å²) in [5.41, 5.74) is 0.721. The van der Waals surface area contributed by atoms with E-state index >= 15 is 0 Å². The SMILES string of the molecule is COc1ccc(C(C)N(C)C(=O)C2CCN(C(=O)C(C)(C)C)CC2)cc1. The maximum atomic E-state index is 12.9. The van der Waals surface area contributed by atoms with Crippen molar-refractivity contribution in [3.63, 3.8) is 0 Å². The van der Waals surface area contributed by atoms with Crippen molar-refractivity contribution in [2.75, 3.05) is 27.2 Å². The molecule has 144 valence electrons. The van der Waals surface area contributed by atoms with Crippen molar-refractivity contribution in [1.29, 1.82) is 0 Å². The number of benzene rings is 1. The van der Waals surface area contributed by atoms with Gasteiger partial charge < -0.3 is 14.5 Å². The third-order valence-corrected chi connectivity index (χ3v) is 5.30. The fourth-order valence-electron chi connectivity index (χ4n) is 3.39. The molecule has 1 fully saturated rings. The first-order valence-electron chi connectivity index (χ1n) is 9.35. The highest BCUT2D eigenvalue weighted by Gasteiger charge is 2.34. The summed E-state index contributed by atoms with van der Waals surface area (Å²) in [6.07, 6.45) is 1.47. The standard InChI is InChI=1S/C21H32N2O3/c1-15(16-7-9-18(26-6)10-8-16)22(5)19(24)17-11-13-23(14-12-17)20(25)21(2,3)4/h7-10,15,17H,11-14H2,1-6H3. The lowest BCUT2D eigenvalue weighted by atomic mass is 9.90. The monoisotopic (exact) mass is 360 g/mol. The van der Waals surface area contributed by atoms with Crippen LogP contribution in [0.25, 0.3) is 0 Å². The van der Waals surface area contributed by atoms with Gasteiger partial charge >= 0.3 is 0 Å². The first-order chi connectivity index (χ1) is 12.1. The maximum Gasteiger partial charge on any atom is 0.227 e. The molecule has 0 aliphatic carbocycles. The molecule has 5 heteroatoms. The Balaban J connectivity index is 1.95. The lowest BCUT2D eigenvalue weighted by Gasteiger charge is -2.37. The van der Waals surface area contributed by atoms with Crippen LogP contribution in [0.3, 0.4) is 0 Å². The van der Waals surface area contributed by atoms with E-state index < -0.39 is 0 Å². The molecule has 1 saturated heterocycles. The molecule has 26 heavy (non-hydrogen) atoms. The Kier molecular flexibility index (Phi) is 6.32. The summed E-state index contributed by atoms with van der Waals surface area (Å²) in [7, 11) is 3.51. The van der Waals surface area contributed by atoms with Gasteiger partial charge in [0.25, 0.3) is 0 Å². The van der Waals surface area contributed by atoms with E-state index in [-0.39, 0.29) is 29.2 Å². The van der Waals surface area contributed by atoms with Crippen LogP contribution in [0.2, 0.25) is 0 Å². The van der Waals surface area contributed by atoms with Crippen molar-refractivity contribution in [2.24, 2.45) is 11.3 Å². The average Bonchev–Trinajstić information content (AvgIpc) is 2.65. The highest BCUT2D eigenvalue weighted by atomic mass is 16.5. The van der Waals surface area contributed by atoms with Crippen LogP contribution in [0.15, 0.2) is 24.3 Å². The third kappa shape index (κ3) is 4.57. The highest BCUT2D eigenvalue weighted by Crippen LogP contribution is 2.28. The van der Waals surface area contributed by atoms with E-state index in [0.29, 0.717) is 13.1 Å². The third-order valence-electron chi connectivity index (χ3n) is 5.30. The topological polar surface area (TPSA) is 49.9 Å². The molecule has 1 heterocycles. The summed E-state index contributed by atoms with van der Waals surface area (Å²) in [5, 5.41) is 0. The molecule has 2 rings (SSSR count). The van der Waals surface area contributed by atoms with Crippen LogP contribution in [0, 0.1) is 11.3 Å². The second kappa shape index (κ2) is 8.11. The van der Waals surface area contributed by atoms with Crippen molar-refractivity contribution < 1.29 is 14.3 Å². The Morgan fingerprint density at radius 2 is 1.69 bits per heavy atom. The molecule has 2 amide bonds. The Morgan fingerprint density at radius 3 is 2.15 bits per heavy atom. The summed E-state index contributed by atoms with van der Waals surface area (Å²) in [6.45, 7) is 9.19. The minimum absolute atomic E-state index is 0.00245. The smallest absolute Gasteiger partial charge is 0.227 e. The molecule has 1 aromatic rings. The summed E-state index contributed by atoms with van der Waals surface area (Å²) in [6, 6.07) is 7.83. The Bertz CT molecular complexity index is 626. The van der Waals surface area contributed by atoms with Crippen LogP contribution < -0.4 is 4.74 Å². The van der Waals surface area contributed by atoms with Crippen LogP contribution in [0.1, 0.15) is 52.1 Å². The molecular formula is C21H32N2O3. The van der Waals surface area contributed by atoms with E-state index in [1.807, 2.05) is 68.8 Å². The summed E-state index contributed by atoms with van der Waals surface area (Å²) < 4.78 is 5.19. The number of carbonyl (C=O) groups excluding carboxylic acids is 2. The van der Waals surface area contributed by atoms with Crippen molar-refractivity contribution in [3.8, 4) is 5.75 Å². The minimum Gasteiger partial charge on any atom is -0.497 e. The van der Waals surface area contributed by atoms with Gasteiger partial charge in [-0.05, 0) is 37.5 Å². The second-order valence-electron chi connectivity index (χ2n) is 8.21. The number of hydrogen-bond donors (Lipinski definition) is 0. The van der Waals surface area contributed by atoms with E-state index in [4.69, 9.17) is 4.74 Å². The molecule has 5 nitrogen and oxygen atoms in total. The molecular weight excluding hydrogens is 328 g/mol. The number of rotatable bonds is 4. The molecule has 1 atom stereocenters. The van der Waals surface area contributed by atoms with Crippen LogP contribution in [0.4, 0.5) is 0 Å². The molecule has 0 N–H and O–H groups in total. The predicted molar refractivity (Wildman–Crippen MR) is 103 cm³/mol. The lowest BCUT2D eigenvalue weighted by molar-refractivity contribution is -0.145. The van der Waals surface area contributed by atoms with Crippen molar-refractivity contribution in [1.82, 2.24) is 9.80 Å². The van der Waals surface area contributed by atoms with Gasteiger partial charge in [0.15, 0.2) is 0 Å². The second-order valence-corrected chi connectivity index (χ2v) is 8.21. The zero-order chi connectivity index (χ0) is 19.5. The van der Waals surface area contributed by atoms with Gasteiger partial charge in [0, 0.05) is 31.5 Å². The summed E-state index contributed by atoms with van der Waals surface area (Å²) in [4.78, 5) is 29.0. The number of piperidine rings is 1. The fraction of sp³-hybridized carbons (Fsp3) is 0.619. The molecule has 0 spiro atoms. The first kappa shape index (κ1) is 20.3. The average molecular weight is 360 g/mol. The molecule has 0 bridgehead atoms. The number of ether oxygens (including phenoxy) is 1. The molecule has 0 radical (unpaired) electrons. The number of carbonyl (C=O) groups is 2. The normalized spacial score (nSPS) is 16.9. The van der Waals surface area contributed by atoms with Gasteiger partial charge in [-0.1, -0.05) is 32.9 Å². The summed E-state index contributed by atoms with van der Waals surface area (Å²) >= 11 is 0. The first-order valence-corrected chi connectivity index (χ1v) is 9.35. The Labute approximate surface area is 157 Å². The zero-order valence-electron chi connectivity index (χ0n) is 16.9. The van der Waals surface area contributed by atoms with Crippen LogP contribution in [-0.4, -0.2) is 48.9 Å². The quantitative estimate of drug-likeness (QED) is 0.826. The zero-order valence-corrected chi connectivity index (χ0v) is 16.9. The molecule has 1 unspecified atom stereocenters. The Morgan fingerprint density at radius 1 is 1.15 bits per heavy atom. The Hall–Kier alpha value is -2.04. The largest absolute Gasteiger partial charge is 0.497 e. The van der Waals surface area contributed by atoms with Gasteiger partial charge in [-0.15, -0.1) is 0 Å². The minimum atomic E-state index is -0.365. The van der Waals surface area contributed by atoms with Crippen molar-refractivity contribution >= 4 is 11.8 Å². The van der Waals surface area contributed by atoms with Crippen LogP contribution in [0.5, 0.6) is 5.75 Å². The van der Waals surface area contributed by atoms with Gasteiger partial charge in [-0.2, -0.15) is 0 Å². The van der Waals surface area contributed by atoms with Gasteiger partial charge in [0.2, 0.25) is 11.8 Å². The van der Waals surface area contributed by atoms with Gasteiger partial charge in [-0.25, -0.2) is 0 Å². The molecule has 1 aliphatic heterocycles. The van der Waals surface area contributed by atoms with Gasteiger partial charge in [-0.3, -0.25) is 9.59 Å². The molecule has 1 aromatic carbocycles. The van der Waals surface area contributed by atoms with Gasteiger partial charge in [0.05, 0.1) is 13.2 Å². The highest BCUT2D eigenvalue weighted by molar-refractivity contribution is 5.83.